The van der Waals surface area contributed by atoms with Crippen LogP contribution < -0.4 is 14.4 Å². The fourth-order valence-electron chi connectivity index (χ4n) is 3.99. The van der Waals surface area contributed by atoms with E-state index >= 15 is 0 Å². The van der Waals surface area contributed by atoms with Crippen molar-refractivity contribution in [2.75, 3.05) is 18.0 Å². The fourth-order valence-corrected chi connectivity index (χ4v) is 6.34. The Morgan fingerprint density at radius 2 is 1.70 bits per heavy atom. The topological polar surface area (TPSA) is 96.0 Å². The Morgan fingerprint density at radius 3 is 2.27 bits per heavy atom. The number of hydrogen-bond donors (Lipinski definition) is 1. The summed E-state index contributed by atoms with van der Waals surface area (Å²) in [5.74, 6) is -0.438. The second kappa shape index (κ2) is 13.5. The lowest BCUT2D eigenvalue weighted by atomic mass is 10.1. The number of sulfonamides is 1. The summed E-state index contributed by atoms with van der Waals surface area (Å²) in [7, 11) is -2.73. The van der Waals surface area contributed by atoms with Gasteiger partial charge in [-0.25, -0.2) is 8.42 Å². The molecule has 3 aromatic carbocycles. The number of rotatable bonds is 11. The number of carbonyl (C=O) groups excluding carboxylic acids is 2. The molecule has 2 amide bonds. The Kier molecular flexibility index (Phi) is 10.6. The minimum absolute atomic E-state index is 0.0273. The van der Waals surface area contributed by atoms with E-state index in [1.165, 1.54) is 30.2 Å². The second-order valence-electron chi connectivity index (χ2n) is 9.63. The molecule has 1 atom stereocenters. The third kappa shape index (κ3) is 7.77. The first-order chi connectivity index (χ1) is 18.8. The van der Waals surface area contributed by atoms with E-state index in [9.17, 15) is 18.0 Å². The zero-order valence-corrected chi connectivity index (χ0v) is 26.2. The third-order valence-corrected chi connectivity index (χ3v) is 8.78. The SMILES string of the molecule is COc1ccc(S(=O)(=O)N(CC(=O)N(Cc2cccc(Cl)c2)[C@H](C)C(=O)NC(C)C)c2ccc(C)cc2)cc1Br. The van der Waals surface area contributed by atoms with Gasteiger partial charge in [-0.05, 0) is 91.7 Å². The van der Waals surface area contributed by atoms with Crippen molar-refractivity contribution in [3.05, 3.63) is 87.4 Å². The summed E-state index contributed by atoms with van der Waals surface area (Å²) in [4.78, 5) is 28.3. The minimum atomic E-state index is -4.21. The highest BCUT2D eigenvalue weighted by Crippen LogP contribution is 2.31. The van der Waals surface area contributed by atoms with E-state index in [0.717, 1.165) is 9.87 Å². The van der Waals surface area contributed by atoms with E-state index in [1.54, 1.807) is 55.5 Å². The van der Waals surface area contributed by atoms with Crippen LogP contribution in [0.5, 0.6) is 5.75 Å². The summed E-state index contributed by atoms with van der Waals surface area (Å²) in [6, 6.07) is 17.2. The lowest BCUT2D eigenvalue weighted by molar-refractivity contribution is -0.139. The molecule has 11 heteroatoms. The summed E-state index contributed by atoms with van der Waals surface area (Å²) in [6.45, 7) is 6.68. The smallest absolute Gasteiger partial charge is 0.264 e. The molecular weight excluding hydrogens is 618 g/mol. The molecule has 0 spiro atoms. The molecule has 0 radical (unpaired) electrons. The molecule has 3 aromatic rings. The van der Waals surface area contributed by atoms with Crippen LogP contribution in [-0.2, 0) is 26.2 Å². The fraction of sp³-hybridized carbons (Fsp3) is 0.310. The van der Waals surface area contributed by atoms with E-state index in [1.807, 2.05) is 20.8 Å². The van der Waals surface area contributed by atoms with Crippen LogP contribution >= 0.6 is 27.5 Å². The van der Waals surface area contributed by atoms with E-state index < -0.39 is 28.5 Å². The van der Waals surface area contributed by atoms with Crippen molar-refractivity contribution in [1.82, 2.24) is 10.2 Å². The van der Waals surface area contributed by atoms with Crippen LogP contribution in [0.1, 0.15) is 31.9 Å². The zero-order chi connectivity index (χ0) is 29.6. The maximum atomic E-state index is 14.0. The van der Waals surface area contributed by atoms with Crippen molar-refractivity contribution in [2.24, 2.45) is 0 Å². The van der Waals surface area contributed by atoms with Crippen LogP contribution in [0.3, 0.4) is 0 Å². The van der Waals surface area contributed by atoms with Gasteiger partial charge < -0.3 is 15.0 Å². The van der Waals surface area contributed by atoms with Crippen molar-refractivity contribution < 1.29 is 22.7 Å². The number of hydrogen-bond acceptors (Lipinski definition) is 5. The Morgan fingerprint density at radius 1 is 1.02 bits per heavy atom. The number of methoxy groups -OCH3 is 1. The van der Waals surface area contributed by atoms with E-state index in [4.69, 9.17) is 16.3 Å². The van der Waals surface area contributed by atoms with Crippen LogP contribution in [0.4, 0.5) is 5.69 Å². The predicted molar refractivity (Wildman–Crippen MR) is 161 cm³/mol. The molecule has 0 bridgehead atoms. The largest absolute Gasteiger partial charge is 0.496 e. The highest BCUT2D eigenvalue weighted by molar-refractivity contribution is 9.10. The Labute approximate surface area is 249 Å². The molecule has 0 aliphatic carbocycles. The Balaban J connectivity index is 2.05. The highest BCUT2D eigenvalue weighted by atomic mass is 79.9. The van der Waals surface area contributed by atoms with Gasteiger partial charge in [0.1, 0.15) is 18.3 Å². The summed E-state index contributed by atoms with van der Waals surface area (Å²) >= 11 is 9.52. The van der Waals surface area contributed by atoms with Crippen molar-refractivity contribution >= 4 is 55.1 Å². The van der Waals surface area contributed by atoms with Crippen molar-refractivity contribution in [1.29, 1.82) is 0 Å². The molecule has 0 aliphatic heterocycles. The molecular formula is C29H33BrClN3O5S. The first-order valence-electron chi connectivity index (χ1n) is 12.6. The second-order valence-corrected chi connectivity index (χ2v) is 12.8. The molecule has 1 N–H and O–H groups in total. The highest BCUT2D eigenvalue weighted by Gasteiger charge is 2.33. The maximum absolute atomic E-state index is 14.0. The summed E-state index contributed by atoms with van der Waals surface area (Å²) in [6.07, 6.45) is 0. The molecule has 40 heavy (non-hydrogen) atoms. The molecule has 214 valence electrons. The van der Waals surface area contributed by atoms with Crippen LogP contribution in [0.15, 0.2) is 76.1 Å². The maximum Gasteiger partial charge on any atom is 0.264 e. The Hall–Kier alpha value is -3.08. The van der Waals surface area contributed by atoms with E-state index in [0.29, 0.717) is 26.5 Å². The minimum Gasteiger partial charge on any atom is -0.496 e. The number of benzene rings is 3. The quantitative estimate of drug-likeness (QED) is 0.293. The number of aryl methyl sites for hydroxylation is 1. The average Bonchev–Trinajstić information content (AvgIpc) is 2.90. The van der Waals surface area contributed by atoms with E-state index in [2.05, 4.69) is 21.2 Å². The summed E-state index contributed by atoms with van der Waals surface area (Å²) in [5, 5.41) is 3.32. The van der Waals surface area contributed by atoms with Gasteiger partial charge >= 0.3 is 0 Å². The van der Waals surface area contributed by atoms with Gasteiger partial charge in [0.15, 0.2) is 0 Å². The standard InChI is InChI=1S/C29H33BrClN3O5S/c1-19(2)32-29(36)21(4)33(17-22-7-6-8-23(31)15-22)28(35)18-34(24-11-9-20(3)10-12-24)40(37,38)25-13-14-27(39-5)26(30)16-25/h6-16,19,21H,17-18H2,1-5H3,(H,32,36)/t21-/m1/s1. The molecule has 0 fully saturated rings. The first-order valence-corrected chi connectivity index (χ1v) is 15.2. The number of anilines is 1. The first kappa shape index (κ1) is 31.4. The van der Waals surface area contributed by atoms with Crippen molar-refractivity contribution in [3.63, 3.8) is 0 Å². The van der Waals surface area contributed by atoms with Crippen molar-refractivity contribution in [2.45, 2.75) is 51.2 Å². The van der Waals surface area contributed by atoms with Crippen LogP contribution in [0, 0.1) is 6.92 Å². The monoisotopic (exact) mass is 649 g/mol. The van der Waals surface area contributed by atoms with Crippen LogP contribution in [0.2, 0.25) is 5.02 Å². The molecule has 0 saturated carbocycles. The normalized spacial score (nSPS) is 12.1. The Bertz CT molecular complexity index is 1460. The molecule has 0 aromatic heterocycles. The van der Waals surface area contributed by atoms with Gasteiger partial charge in [0.05, 0.1) is 22.2 Å². The summed E-state index contributed by atoms with van der Waals surface area (Å²) < 4.78 is 34.7. The van der Waals surface area contributed by atoms with Crippen molar-refractivity contribution in [3.8, 4) is 5.75 Å². The van der Waals surface area contributed by atoms with Gasteiger partial charge in [-0.2, -0.15) is 0 Å². The van der Waals surface area contributed by atoms with Gasteiger partial charge in [0.2, 0.25) is 11.8 Å². The number of nitrogens with one attached hydrogen (secondary N) is 1. The van der Waals surface area contributed by atoms with Gasteiger partial charge in [-0.15, -0.1) is 0 Å². The third-order valence-electron chi connectivity index (χ3n) is 6.15. The van der Waals surface area contributed by atoms with Crippen LogP contribution in [0.25, 0.3) is 0 Å². The van der Waals surface area contributed by atoms with Gasteiger partial charge in [-0.1, -0.05) is 41.4 Å². The number of halogens is 2. The lowest BCUT2D eigenvalue weighted by Gasteiger charge is -2.32. The number of nitrogens with zero attached hydrogens (tertiary/aromatic N) is 2. The van der Waals surface area contributed by atoms with Gasteiger partial charge in [0.25, 0.3) is 10.0 Å². The average molecular weight is 651 g/mol. The van der Waals surface area contributed by atoms with Gasteiger partial charge in [0, 0.05) is 17.6 Å². The number of amides is 2. The lowest BCUT2D eigenvalue weighted by Crippen LogP contribution is -2.52. The summed E-state index contributed by atoms with van der Waals surface area (Å²) in [5.41, 5.74) is 1.95. The predicted octanol–water partition coefficient (Wildman–Crippen LogP) is 5.56. The molecule has 0 heterocycles. The molecule has 0 aliphatic rings. The van der Waals surface area contributed by atoms with Crippen LogP contribution in [-0.4, -0.2) is 50.9 Å². The zero-order valence-electron chi connectivity index (χ0n) is 23.0. The van der Waals surface area contributed by atoms with E-state index in [-0.39, 0.29) is 23.4 Å². The molecule has 0 saturated heterocycles. The molecule has 0 unspecified atom stereocenters. The number of carbonyl (C=O) groups is 2. The molecule has 3 rings (SSSR count). The molecule has 8 nitrogen and oxygen atoms in total. The van der Waals surface area contributed by atoms with Gasteiger partial charge in [-0.3, -0.25) is 13.9 Å². The number of ether oxygens (including phenoxy) is 1.